The van der Waals surface area contributed by atoms with E-state index in [0.29, 0.717) is 18.0 Å². The number of nitrogens with one attached hydrogen (secondary N) is 1. The van der Waals surface area contributed by atoms with Gasteiger partial charge in [0.15, 0.2) is 11.6 Å². The summed E-state index contributed by atoms with van der Waals surface area (Å²) in [5.74, 6) is -1.55. The zero-order valence-electron chi connectivity index (χ0n) is 17.1. The Labute approximate surface area is 176 Å². The van der Waals surface area contributed by atoms with Gasteiger partial charge in [0.2, 0.25) is 0 Å². The van der Waals surface area contributed by atoms with Gasteiger partial charge >= 0.3 is 10.2 Å². The predicted octanol–water partition coefficient (Wildman–Crippen LogP) is 4.03. The van der Waals surface area contributed by atoms with Crippen molar-refractivity contribution in [2.45, 2.75) is 12.8 Å². The predicted molar refractivity (Wildman–Crippen MR) is 116 cm³/mol. The Morgan fingerprint density at radius 3 is 2.40 bits per heavy atom. The SMILES string of the molecule is C=CCN(C)CCCCOc1ccc(N(C)S(=O)(=O)Nc2ccc(F)c(F)c2)cc1. The Hall–Kier alpha value is -2.65. The molecule has 0 saturated heterocycles. The first kappa shape index (κ1) is 23.6. The van der Waals surface area contributed by atoms with Crippen molar-refractivity contribution in [3.8, 4) is 5.75 Å². The van der Waals surface area contributed by atoms with Crippen molar-refractivity contribution in [3.05, 3.63) is 66.8 Å². The third-order valence-corrected chi connectivity index (χ3v) is 5.80. The van der Waals surface area contributed by atoms with Gasteiger partial charge in [0.05, 0.1) is 18.0 Å². The van der Waals surface area contributed by atoms with Crippen LogP contribution in [-0.2, 0) is 10.2 Å². The summed E-state index contributed by atoms with van der Waals surface area (Å²) in [5.41, 5.74) is 0.322. The van der Waals surface area contributed by atoms with Gasteiger partial charge in [-0.15, -0.1) is 6.58 Å². The number of anilines is 2. The highest BCUT2D eigenvalue weighted by atomic mass is 32.2. The number of halogens is 2. The highest BCUT2D eigenvalue weighted by Crippen LogP contribution is 2.22. The van der Waals surface area contributed by atoms with E-state index in [9.17, 15) is 17.2 Å². The van der Waals surface area contributed by atoms with Crippen LogP contribution < -0.4 is 13.8 Å². The monoisotopic (exact) mass is 439 g/mol. The number of hydrogen-bond donors (Lipinski definition) is 1. The molecule has 0 atom stereocenters. The van der Waals surface area contributed by atoms with E-state index >= 15 is 0 Å². The van der Waals surface area contributed by atoms with E-state index in [2.05, 4.69) is 16.2 Å². The molecule has 0 aliphatic rings. The minimum absolute atomic E-state index is 0.0700. The van der Waals surface area contributed by atoms with Crippen molar-refractivity contribution in [3.63, 3.8) is 0 Å². The summed E-state index contributed by atoms with van der Waals surface area (Å²) in [6, 6.07) is 9.38. The van der Waals surface area contributed by atoms with Gasteiger partial charge in [-0.25, -0.2) is 8.78 Å². The second-order valence-corrected chi connectivity index (χ2v) is 8.51. The Morgan fingerprint density at radius 2 is 1.77 bits per heavy atom. The van der Waals surface area contributed by atoms with Crippen molar-refractivity contribution in [1.29, 1.82) is 0 Å². The molecular weight excluding hydrogens is 412 g/mol. The zero-order chi connectivity index (χ0) is 22.1. The van der Waals surface area contributed by atoms with Crippen LogP contribution in [0.3, 0.4) is 0 Å². The van der Waals surface area contributed by atoms with E-state index in [1.807, 2.05) is 13.1 Å². The van der Waals surface area contributed by atoms with E-state index < -0.39 is 21.8 Å². The molecule has 9 heteroatoms. The van der Waals surface area contributed by atoms with Crippen molar-refractivity contribution < 1.29 is 21.9 Å². The lowest BCUT2D eigenvalue weighted by Gasteiger charge is -2.20. The topological polar surface area (TPSA) is 61.9 Å². The minimum atomic E-state index is -4.00. The average Bonchev–Trinajstić information content (AvgIpc) is 2.70. The van der Waals surface area contributed by atoms with Gasteiger partial charge in [-0.2, -0.15) is 8.42 Å². The lowest BCUT2D eigenvalue weighted by molar-refractivity contribution is 0.287. The Balaban J connectivity index is 1.88. The van der Waals surface area contributed by atoms with Gasteiger partial charge < -0.3 is 9.64 Å². The van der Waals surface area contributed by atoms with Crippen LogP contribution in [0.2, 0.25) is 0 Å². The number of ether oxygens (including phenoxy) is 1. The molecule has 2 aromatic carbocycles. The van der Waals surface area contributed by atoms with Crippen molar-refractivity contribution in [1.82, 2.24) is 4.90 Å². The fraction of sp³-hybridized carbons (Fsp3) is 0.333. The lowest BCUT2D eigenvalue weighted by atomic mass is 10.3. The number of hydrogen-bond acceptors (Lipinski definition) is 4. The number of likely N-dealkylation sites (N-methyl/N-ethyl adjacent to an activating group) is 1. The summed E-state index contributed by atoms with van der Waals surface area (Å²) in [6.45, 7) is 6.08. The fourth-order valence-corrected chi connectivity index (χ4v) is 3.61. The first-order chi connectivity index (χ1) is 14.2. The number of unbranched alkanes of at least 4 members (excludes halogenated alkanes) is 1. The van der Waals surface area contributed by atoms with Gasteiger partial charge in [0.1, 0.15) is 5.75 Å². The molecule has 0 aromatic heterocycles. The summed E-state index contributed by atoms with van der Waals surface area (Å²) < 4.78 is 60.2. The second-order valence-electron chi connectivity index (χ2n) is 6.80. The van der Waals surface area contributed by atoms with E-state index in [1.54, 1.807) is 24.3 Å². The molecule has 2 rings (SSSR count). The summed E-state index contributed by atoms with van der Waals surface area (Å²) in [7, 11) is -0.610. The normalized spacial score (nSPS) is 11.4. The minimum Gasteiger partial charge on any atom is -0.494 e. The third kappa shape index (κ3) is 7.00. The molecule has 0 saturated carbocycles. The van der Waals surface area contributed by atoms with Gasteiger partial charge in [-0.3, -0.25) is 9.03 Å². The molecule has 6 nitrogen and oxygen atoms in total. The molecule has 0 radical (unpaired) electrons. The van der Waals surface area contributed by atoms with Gasteiger partial charge in [0, 0.05) is 19.7 Å². The number of nitrogens with zero attached hydrogens (tertiary/aromatic N) is 2. The van der Waals surface area contributed by atoms with Crippen molar-refractivity contribution >= 4 is 21.6 Å². The van der Waals surface area contributed by atoms with E-state index in [-0.39, 0.29) is 5.69 Å². The highest BCUT2D eigenvalue weighted by molar-refractivity contribution is 7.94. The molecule has 0 heterocycles. The summed E-state index contributed by atoms with van der Waals surface area (Å²) in [5, 5.41) is 0. The molecule has 0 bridgehead atoms. The molecule has 0 fully saturated rings. The molecule has 1 N–H and O–H groups in total. The first-order valence-corrected chi connectivity index (χ1v) is 10.9. The molecule has 0 aliphatic carbocycles. The maximum absolute atomic E-state index is 13.3. The van der Waals surface area contributed by atoms with Crippen LogP contribution in [0, 0.1) is 11.6 Å². The van der Waals surface area contributed by atoms with Gasteiger partial charge in [0.25, 0.3) is 0 Å². The zero-order valence-corrected chi connectivity index (χ0v) is 18.0. The van der Waals surface area contributed by atoms with Crippen LogP contribution in [0.25, 0.3) is 0 Å². The van der Waals surface area contributed by atoms with Crippen LogP contribution in [-0.4, -0.2) is 47.1 Å². The van der Waals surface area contributed by atoms with E-state index in [4.69, 9.17) is 4.74 Å². The molecule has 30 heavy (non-hydrogen) atoms. The second kappa shape index (κ2) is 10.9. The smallest absolute Gasteiger partial charge is 0.323 e. The van der Waals surface area contributed by atoms with E-state index in [1.165, 1.54) is 7.05 Å². The molecule has 0 unspecified atom stereocenters. The van der Waals surface area contributed by atoms with Crippen molar-refractivity contribution in [2.24, 2.45) is 0 Å². The summed E-state index contributed by atoms with van der Waals surface area (Å²) >= 11 is 0. The molecule has 164 valence electrons. The van der Waals surface area contributed by atoms with Crippen LogP contribution in [0.5, 0.6) is 5.75 Å². The molecule has 0 spiro atoms. The van der Waals surface area contributed by atoms with Gasteiger partial charge in [-0.05, 0) is 62.8 Å². The largest absolute Gasteiger partial charge is 0.494 e. The Morgan fingerprint density at radius 1 is 1.07 bits per heavy atom. The number of rotatable bonds is 12. The Kier molecular flexibility index (Phi) is 8.61. The van der Waals surface area contributed by atoms with Crippen molar-refractivity contribution in [2.75, 3.05) is 42.8 Å². The van der Waals surface area contributed by atoms with Crippen LogP contribution in [0.15, 0.2) is 55.1 Å². The van der Waals surface area contributed by atoms with Crippen LogP contribution >= 0.6 is 0 Å². The maximum atomic E-state index is 13.3. The molecule has 0 aliphatic heterocycles. The fourth-order valence-electron chi connectivity index (χ4n) is 2.65. The van der Waals surface area contributed by atoms with Crippen LogP contribution in [0.1, 0.15) is 12.8 Å². The third-order valence-electron chi connectivity index (χ3n) is 4.37. The highest BCUT2D eigenvalue weighted by Gasteiger charge is 2.19. The average molecular weight is 440 g/mol. The quantitative estimate of drug-likeness (QED) is 0.401. The number of benzene rings is 2. The van der Waals surface area contributed by atoms with Gasteiger partial charge in [-0.1, -0.05) is 6.08 Å². The first-order valence-electron chi connectivity index (χ1n) is 9.47. The molecular formula is C21H27F2N3O3S. The van der Waals surface area contributed by atoms with Crippen LogP contribution in [0.4, 0.5) is 20.2 Å². The summed E-state index contributed by atoms with van der Waals surface area (Å²) in [4.78, 5) is 2.17. The maximum Gasteiger partial charge on any atom is 0.323 e. The molecule has 0 amide bonds. The summed E-state index contributed by atoms with van der Waals surface area (Å²) in [6.07, 6.45) is 3.76. The van der Waals surface area contributed by atoms with E-state index in [0.717, 1.165) is 48.4 Å². The lowest BCUT2D eigenvalue weighted by Crippen LogP contribution is -2.32. The Bertz CT molecular complexity index is 937. The molecule has 2 aromatic rings. The standard InChI is InChI=1S/C21H27F2N3O3S/c1-4-13-25(2)14-5-6-15-29-19-10-8-18(9-11-19)26(3)30(27,28)24-17-7-12-20(22)21(23)16-17/h4,7-12,16,24H,1,5-6,13-15H2,2-3H3.